The number of carbonyl (C=O) groups is 1. The number of nitrogens with zero attached hydrogens (tertiary/aromatic N) is 2. The summed E-state index contributed by atoms with van der Waals surface area (Å²) < 4.78 is 15.6. The lowest BCUT2D eigenvalue weighted by molar-refractivity contribution is -0.142. The Morgan fingerprint density at radius 3 is 2.02 bits per heavy atom. The average Bonchev–Trinajstić information content (AvgIpc) is 3.70. The number of esters is 1. The molecule has 0 saturated carbocycles. The Morgan fingerprint density at radius 2 is 1.37 bits per heavy atom. The van der Waals surface area contributed by atoms with E-state index < -0.39 is 5.97 Å². The molecule has 7 nitrogen and oxygen atoms in total. The number of hydrogen-bond acceptors (Lipinski definition) is 5. The highest BCUT2D eigenvalue weighted by atomic mass is 16.6. The highest BCUT2D eigenvalue weighted by molar-refractivity contribution is 6.38. The van der Waals surface area contributed by atoms with Gasteiger partial charge in [0, 0.05) is 22.4 Å². The van der Waals surface area contributed by atoms with Gasteiger partial charge in [-0.1, -0.05) is 84.9 Å². The molecule has 5 aromatic rings. The first-order valence-electron chi connectivity index (χ1n) is 13.8. The third kappa shape index (κ3) is 6.16. The summed E-state index contributed by atoms with van der Waals surface area (Å²) in [6.45, 7) is -0.156. The molecule has 0 atom stereocenters. The summed E-state index contributed by atoms with van der Waals surface area (Å²) >= 11 is 0. The molecule has 0 aliphatic carbocycles. The second kappa shape index (κ2) is 12.4. The fourth-order valence-electron chi connectivity index (χ4n) is 4.80. The molecular weight excluding hydrogens is 538 g/mol. The van der Waals surface area contributed by atoms with Crippen LogP contribution in [0.5, 0.6) is 11.5 Å². The van der Waals surface area contributed by atoms with Gasteiger partial charge in [-0.3, -0.25) is 0 Å². The van der Waals surface area contributed by atoms with E-state index in [1.54, 1.807) is 7.11 Å². The predicted octanol–water partition coefficient (Wildman–Crippen LogP) is 7.53. The maximum absolute atomic E-state index is 11.5. The van der Waals surface area contributed by atoms with E-state index in [0.29, 0.717) is 17.4 Å². The number of H-pyrrole nitrogens is 1. The Kier molecular flexibility index (Phi) is 7.95. The lowest BCUT2D eigenvalue weighted by Gasteiger charge is -2.08. The zero-order valence-electron chi connectivity index (χ0n) is 23.8. The Morgan fingerprint density at radius 1 is 0.744 bits per heavy atom. The third-order valence-electron chi connectivity index (χ3n) is 7.07. The number of benzene rings is 4. The van der Waals surface area contributed by atoms with Crippen LogP contribution in [-0.2, 0) is 9.53 Å². The molecule has 212 valence electrons. The molecule has 43 heavy (non-hydrogen) atoms. The van der Waals surface area contributed by atoms with Crippen LogP contribution < -0.4 is 9.47 Å². The summed E-state index contributed by atoms with van der Waals surface area (Å²) in [6.07, 6.45) is 2.05. The lowest BCUT2D eigenvalue weighted by atomic mass is 10.0. The third-order valence-corrected chi connectivity index (χ3v) is 7.07. The number of methoxy groups -OCH3 is 2. The first-order chi connectivity index (χ1) is 21.1. The van der Waals surface area contributed by atoms with Crippen molar-refractivity contribution in [2.24, 2.45) is 9.98 Å². The van der Waals surface area contributed by atoms with Crippen LogP contribution in [0.4, 0.5) is 5.82 Å². The zero-order chi connectivity index (χ0) is 29.6. The van der Waals surface area contributed by atoms with Crippen LogP contribution in [0.15, 0.2) is 131 Å². The Labute approximate surface area is 249 Å². The summed E-state index contributed by atoms with van der Waals surface area (Å²) in [5.74, 6) is 2.19. The minimum Gasteiger partial charge on any atom is -0.497 e. The van der Waals surface area contributed by atoms with Crippen LogP contribution in [0, 0.1) is 0 Å². The molecule has 1 aliphatic heterocycles. The fourth-order valence-corrected chi connectivity index (χ4v) is 4.80. The van der Waals surface area contributed by atoms with Crippen molar-refractivity contribution in [1.29, 1.82) is 0 Å². The molecule has 4 aromatic carbocycles. The molecule has 0 radical (unpaired) electrons. The number of aromatic nitrogens is 1. The molecule has 1 aromatic heterocycles. The molecule has 0 unspecified atom stereocenters. The van der Waals surface area contributed by atoms with Crippen molar-refractivity contribution in [3.8, 4) is 33.9 Å². The summed E-state index contributed by atoms with van der Waals surface area (Å²) in [5, 5.41) is 0. The predicted molar refractivity (Wildman–Crippen MR) is 170 cm³/mol. The summed E-state index contributed by atoms with van der Waals surface area (Å²) in [6, 6.07) is 37.8. The molecule has 0 bridgehead atoms. The van der Waals surface area contributed by atoms with Crippen molar-refractivity contribution >= 4 is 28.9 Å². The smallest absolute Gasteiger partial charge is 0.343 e. The van der Waals surface area contributed by atoms with E-state index in [1.165, 1.54) is 7.11 Å². The number of carbonyl (C=O) groups excluding carboxylic acids is 1. The maximum atomic E-state index is 11.5. The van der Waals surface area contributed by atoms with Gasteiger partial charge in [0.2, 0.25) is 0 Å². The lowest BCUT2D eigenvalue weighted by Crippen LogP contribution is -2.12. The van der Waals surface area contributed by atoms with Crippen molar-refractivity contribution in [3.63, 3.8) is 0 Å². The van der Waals surface area contributed by atoms with E-state index >= 15 is 0 Å². The highest BCUT2D eigenvalue weighted by Gasteiger charge is 2.21. The van der Waals surface area contributed by atoms with Gasteiger partial charge in [0.1, 0.15) is 17.3 Å². The fraction of sp³-hybridized carbons (Fsp3) is 0.0833. The van der Waals surface area contributed by atoms with Gasteiger partial charge in [-0.2, -0.15) is 0 Å². The first kappa shape index (κ1) is 27.5. The largest absolute Gasteiger partial charge is 0.497 e. The van der Waals surface area contributed by atoms with Gasteiger partial charge in [0.15, 0.2) is 12.4 Å². The number of hydrogen-bond donors (Lipinski definition) is 1. The molecule has 1 N–H and O–H groups in total. The van der Waals surface area contributed by atoms with Crippen LogP contribution in [0.25, 0.3) is 28.0 Å². The van der Waals surface area contributed by atoms with E-state index in [-0.39, 0.29) is 6.61 Å². The molecule has 0 saturated heterocycles. The van der Waals surface area contributed by atoms with Gasteiger partial charge in [-0.25, -0.2) is 14.8 Å². The van der Waals surface area contributed by atoms with Gasteiger partial charge < -0.3 is 19.2 Å². The van der Waals surface area contributed by atoms with Crippen molar-refractivity contribution in [1.82, 2.24) is 4.98 Å². The summed E-state index contributed by atoms with van der Waals surface area (Å²) in [5.41, 5.74) is 7.56. The number of ether oxygens (including phenoxy) is 3. The second-order valence-electron chi connectivity index (χ2n) is 9.79. The van der Waals surface area contributed by atoms with Gasteiger partial charge in [-0.15, -0.1) is 0 Å². The van der Waals surface area contributed by atoms with E-state index in [9.17, 15) is 4.79 Å². The Balaban J connectivity index is 1.43. The van der Waals surface area contributed by atoms with Crippen LogP contribution in [0.2, 0.25) is 0 Å². The summed E-state index contributed by atoms with van der Waals surface area (Å²) in [4.78, 5) is 25.2. The Bertz CT molecular complexity index is 1820. The maximum Gasteiger partial charge on any atom is 0.343 e. The molecule has 1 aliphatic rings. The van der Waals surface area contributed by atoms with Gasteiger partial charge in [0.05, 0.1) is 19.9 Å². The minimum atomic E-state index is -0.439. The molecule has 7 heteroatoms. The number of amidine groups is 1. The van der Waals surface area contributed by atoms with Crippen LogP contribution >= 0.6 is 0 Å². The van der Waals surface area contributed by atoms with Crippen molar-refractivity contribution in [2.45, 2.75) is 0 Å². The van der Waals surface area contributed by atoms with Crippen LogP contribution in [0.3, 0.4) is 0 Å². The Hall–Kier alpha value is -5.69. The van der Waals surface area contributed by atoms with E-state index in [0.717, 1.165) is 50.5 Å². The first-order valence-corrected chi connectivity index (χ1v) is 13.8. The van der Waals surface area contributed by atoms with Gasteiger partial charge in [-0.05, 0) is 53.1 Å². The minimum absolute atomic E-state index is 0.156. The molecule has 0 fully saturated rings. The van der Waals surface area contributed by atoms with Crippen molar-refractivity contribution in [3.05, 3.63) is 132 Å². The van der Waals surface area contributed by atoms with E-state index in [4.69, 9.17) is 19.5 Å². The number of aliphatic imine (C=N–C) groups is 2. The number of rotatable bonds is 9. The molecule has 2 heterocycles. The van der Waals surface area contributed by atoms with Crippen LogP contribution in [0.1, 0.15) is 11.1 Å². The second-order valence-corrected chi connectivity index (χ2v) is 9.79. The van der Waals surface area contributed by atoms with E-state index in [1.807, 2.05) is 103 Å². The average molecular weight is 568 g/mol. The normalized spacial score (nSPS) is 13.4. The topological polar surface area (TPSA) is 85.3 Å². The molecule has 0 amide bonds. The zero-order valence-corrected chi connectivity index (χ0v) is 23.8. The number of nitrogens with one attached hydrogen (secondary N) is 1. The highest BCUT2D eigenvalue weighted by Crippen LogP contribution is 2.37. The summed E-state index contributed by atoms with van der Waals surface area (Å²) in [7, 11) is 2.99. The molecule has 0 spiro atoms. The quantitative estimate of drug-likeness (QED) is 0.187. The number of aromatic amines is 1. The van der Waals surface area contributed by atoms with Crippen molar-refractivity contribution < 1.29 is 19.0 Å². The molecule has 6 rings (SSSR count). The van der Waals surface area contributed by atoms with E-state index in [2.05, 4.69) is 27.9 Å². The standard InChI is InChI=1S/C36H29N3O4/c1-41-28-17-13-24(14-18-28)30-21-32(26-9-5-3-6-10-26)37-35(30)39-36-31(22-33(38-36)27-11-7-4-8-12-27)25-15-19-29(20-16-25)43-23-34(40)42-2/h3-22,37H,23H2,1-2H3/b39-36-. The SMILES string of the molecule is COC(=O)COc1ccc(C2=CC(c3ccccc3)=N/C2=N\c2[nH]c(-c3ccccc3)cc2-c2ccc(OC)cc2)cc1. The van der Waals surface area contributed by atoms with Gasteiger partial charge >= 0.3 is 5.97 Å². The molecular formula is C36H29N3O4. The van der Waals surface area contributed by atoms with Crippen LogP contribution in [-0.4, -0.2) is 43.3 Å². The monoisotopic (exact) mass is 567 g/mol. The number of allylic oxidation sites excluding steroid dienone is 1. The van der Waals surface area contributed by atoms with Crippen molar-refractivity contribution in [2.75, 3.05) is 20.8 Å². The van der Waals surface area contributed by atoms with Gasteiger partial charge in [0.25, 0.3) is 0 Å².